The molecule has 2 aliphatic rings. The lowest BCUT2D eigenvalue weighted by Gasteiger charge is -2.11. The summed E-state index contributed by atoms with van der Waals surface area (Å²) in [6, 6.07) is 0. The van der Waals surface area contributed by atoms with Crippen molar-refractivity contribution in [1.82, 2.24) is 0 Å². The van der Waals surface area contributed by atoms with Gasteiger partial charge in [-0.2, -0.15) is 0 Å². The highest BCUT2D eigenvalue weighted by atomic mass is 19.1. The Morgan fingerprint density at radius 2 is 2.22 bits per heavy atom. The molecule has 2 saturated carbocycles. The molecule has 2 heteroatoms. The molecule has 0 unspecified atom stereocenters. The van der Waals surface area contributed by atoms with Crippen LogP contribution in [0.4, 0.5) is 4.39 Å². The first-order valence-electron chi connectivity index (χ1n) is 3.44. The van der Waals surface area contributed by atoms with E-state index in [9.17, 15) is 9.18 Å². The fourth-order valence-electron chi connectivity index (χ4n) is 1.97. The Morgan fingerprint density at radius 1 is 1.44 bits per heavy atom. The molecular weight excluding hydrogens is 119 g/mol. The van der Waals surface area contributed by atoms with E-state index >= 15 is 0 Å². The lowest BCUT2D eigenvalue weighted by Crippen LogP contribution is -2.17. The normalized spacial score (nSPS) is 48.6. The quantitative estimate of drug-likeness (QED) is 0.481. The van der Waals surface area contributed by atoms with E-state index in [-0.39, 0.29) is 11.8 Å². The van der Waals surface area contributed by atoms with Crippen LogP contribution in [-0.4, -0.2) is 12.0 Å². The predicted molar refractivity (Wildman–Crippen MR) is 30.7 cm³/mol. The maximum Gasteiger partial charge on any atom is 0.136 e. The molecule has 0 heterocycles. The van der Waals surface area contributed by atoms with Crippen molar-refractivity contribution in [2.45, 2.75) is 25.4 Å². The summed E-state index contributed by atoms with van der Waals surface area (Å²) in [4.78, 5) is 10.8. The molecule has 0 saturated heterocycles. The molecule has 1 nitrogen and oxygen atoms in total. The van der Waals surface area contributed by atoms with Crippen molar-refractivity contribution in [1.29, 1.82) is 0 Å². The Hall–Kier alpha value is -0.400. The fourth-order valence-corrected chi connectivity index (χ4v) is 1.97. The minimum absolute atomic E-state index is 0.0995. The second-order valence-corrected chi connectivity index (χ2v) is 3.11. The Bertz CT molecular complexity index is 153. The number of alkyl halides is 1. The third-order valence-corrected chi connectivity index (χ3v) is 2.53. The van der Waals surface area contributed by atoms with E-state index < -0.39 is 6.17 Å². The van der Waals surface area contributed by atoms with Gasteiger partial charge in [-0.25, -0.2) is 4.39 Å². The second kappa shape index (κ2) is 1.55. The number of fused-ring (bicyclic) bond motifs is 2. The molecule has 0 aromatic carbocycles. The SMILES string of the molecule is O=C1C[C@@H]2C[C@H]1C[C@H]2F. The van der Waals surface area contributed by atoms with Gasteiger partial charge in [0, 0.05) is 12.3 Å². The molecule has 2 fully saturated rings. The molecule has 0 amide bonds. The maximum atomic E-state index is 12.6. The van der Waals surface area contributed by atoms with Gasteiger partial charge in [0.1, 0.15) is 12.0 Å². The van der Waals surface area contributed by atoms with Gasteiger partial charge in [-0.3, -0.25) is 4.79 Å². The number of carbonyl (C=O) groups is 1. The molecule has 2 rings (SSSR count). The number of carbonyl (C=O) groups excluding carboxylic acids is 1. The van der Waals surface area contributed by atoms with Crippen molar-refractivity contribution >= 4 is 5.78 Å². The largest absolute Gasteiger partial charge is 0.299 e. The smallest absolute Gasteiger partial charge is 0.136 e. The molecule has 0 aromatic heterocycles. The molecule has 2 bridgehead atoms. The molecule has 2 aliphatic carbocycles. The average Bonchev–Trinajstić information content (AvgIpc) is 2.24. The van der Waals surface area contributed by atoms with Gasteiger partial charge in [-0.1, -0.05) is 0 Å². The van der Waals surface area contributed by atoms with Gasteiger partial charge < -0.3 is 0 Å². The summed E-state index contributed by atoms with van der Waals surface area (Å²) in [5, 5.41) is 0. The predicted octanol–water partition coefficient (Wildman–Crippen LogP) is 1.32. The summed E-state index contributed by atoms with van der Waals surface area (Å²) >= 11 is 0. The first-order chi connectivity index (χ1) is 4.27. The van der Waals surface area contributed by atoms with Crippen LogP contribution in [0.15, 0.2) is 0 Å². The van der Waals surface area contributed by atoms with Crippen molar-refractivity contribution < 1.29 is 9.18 Å². The van der Waals surface area contributed by atoms with E-state index in [1.165, 1.54) is 0 Å². The lowest BCUT2D eigenvalue weighted by atomic mass is 9.98. The van der Waals surface area contributed by atoms with E-state index in [1.54, 1.807) is 0 Å². The van der Waals surface area contributed by atoms with Crippen molar-refractivity contribution in [2.75, 3.05) is 0 Å². The Labute approximate surface area is 53.2 Å². The van der Waals surface area contributed by atoms with Crippen molar-refractivity contribution in [2.24, 2.45) is 11.8 Å². The molecule has 50 valence electrons. The van der Waals surface area contributed by atoms with Crippen LogP contribution in [0.25, 0.3) is 0 Å². The third-order valence-electron chi connectivity index (χ3n) is 2.53. The molecule has 0 spiro atoms. The molecule has 0 N–H and O–H groups in total. The van der Waals surface area contributed by atoms with Gasteiger partial charge in [-0.15, -0.1) is 0 Å². The van der Waals surface area contributed by atoms with Crippen LogP contribution in [0, 0.1) is 11.8 Å². The van der Waals surface area contributed by atoms with Gasteiger partial charge in [-0.05, 0) is 18.8 Å². The van der Waals surface area contributed by atoms with E-state index in [1.807, 2.05) is 0 Å². The van der Waals surface area contributed by atoms with Crippen molar-refractivity contribution in [3.8, 4) is 0 Å². The van der Waals surface area contributed by atoms with Crippen LogP contribution in [0.2, 0.25) is 0 Å². The van der Waals surface area contributed by atoms with Crippen LogP contribution in [-0.2, 0) is 4.79 Å². The van der Waals surface area contributed by atoms with Gasteiger partial charge in [0.05, 0.1) is 0 Å². The lowest BCUT2D eigenvalue weighted by molar-refractivity contribution is -0.122. The summed E-state index contributed by atoms with van der Waals surface area (Å²) in [7, 11) is 0. The summed E-state index contributed by atoms with van der Waals surface area (Å²) < 4.78 is 12.6. The highest BCUT2D eigenvalue weighted by Gasteiger charge is 2.45. The van der Waals surface area contributed by atoms with Gasteiger partial charge >= 0.3 is 0 Å². The monoisotopic (exact) mass is 128 g/mol. The molecule has 0 aliphatic heterocycles. The van der Waals surface area contributed by atoms with Crippen molar-refractivity contribution in [3.63, 3.8) is 0 Å². The van der Waals surface area contributed by atoms with Gasteiger partial charge in [0.15, 0.2) is 0 Å². The van der Waals surface area contributed by atoms with E-state index in [0.717, 1.165) is 6.42 Å². The van der Waals surface area contributed by atoms with Crippen molar-refractivity contribution in [3.05, 3.63) is 0 Å². The van der Waals surface area contributed by atoms with E-state index in [4.69, 9.17) is 0 Å². The summed E-state index contributed by atoms with van der Waals surface area (Å²) in [6.45, 7) is 0. The average molecular weight is 128 g/mol. The summed E-state index contributed by atoms with van der Waals surface area (Å²) in [5.74, 6) is 0.501. The van der Waals surface area contributed by atoms with Crippen LogP contribution in [0.5, 0.6) is 0 Å². The second-order valence-electron chi connectivity index (χ2n) is 3.11. The van der Waals surface area contributed by atoms with E-state index in [2.05, 4.69) is 0 Å². The zero-order valence-corrected chi connectivity index (χ0v) is 5.14. The van der Waals surface area contributed by atoms with Gasteiger partial charge in [0.2, 0.25) is 0 Å². The number of hydrogen-bond acceptors (Lipinski definition) is 1. The zero-order valence-electron chi connectivity index (χ0n) is 5.14. The minimum Gasteiger partial charge on any atom is -0.299 e. The van der Waals surface area contributed by atoms with Crippen LogP contribution < -0.4 is 0 Å². The highest BCUT2D eigenvalue weighted by molar-refractivity contribution is 5.84. The van der Waals surface area contributed by atoms with Crippen LogP contribution in [0.1, 0.15) is 19.3 Å². The fraction of sp³-hybridized carbons (Fsp3) is 0.857. The Morgan fingerprint density at radius 3 is 2.56 bits per heavy atom. The number of rotatable bonds is 0. The Balaban J connectivity index is 2.19. The highest BCUT2D eigenvalue weighted by Crippen LogP contribution is 2.43. The zero-order chi connectivity index (χ0) is 6.43. The van der Waals surface area contributed by atoms with Gasteiger partial charge in [0.25, 0.3) is 0 Å². The summed E-state index contributed by atoms with van der Waals surface area (Å²) in [5.41, 5.74) is 0. The van der Waals surface area contributed by atoms with E-state index in [0.29, 0.717) is 18.6 Å². The number of halogens is 1. The Kier molecular flexibility index (Phi) is 0.930. The van der Waals surface area contributed by atoms with Crippen LogP contribution >= 0.6 is 0 Å². The van der Waals surface area contributed by atoms with Crippen LogP contribution in [0.3, 0.4) is 0 Å². The first-order valence-corrected chi connectivity index (χ1v) is 3.44. The third kappa shape index (κ3) is 0.620. The molecule has 9 heavy (non-hydrogen) atoms. The molecule has 0 aromatic rings. The number of Topliss-reactive ketones (excluding diaryl/α,β-unsaturated/α-hetero) is 1. The standard InChI is InChI=1S/C7H9FO/c8-6-2-5-1-4(6)3-7(5)9/h4-6H,1-3H2/t4-,5-,6+/m0/s1. The molecular formula is C7H9FO. The summed E-state index contributed by atoms with van der Waals surface area (Å²) in [6.07, 6.45) is 1.21. The number of hydrogen-bond donors (Lipinski definition) is 0. The molecule has 3 atom stereocenters. The maximum absolute atomic E-state index is 12.6. The minimum atomic E-state index is -0.660. The number of ketones is 1. The topological polar surface area (TPSA) is 17.1 Å². The first kappa shape index (κ1) is 5.39. The molecule has 0 radical (unpaired) electrons.